The molecule has 2 aromatic rings. The van der Waals surface area contributed by atoms with Crippen molar-refractivity contribution in [3.05, 3.63) is 59.7 Å². The standard InChI is InChI=1S/C18H18O3/c1-2-20-17-9-4-3-8-16(17)18(19)13-6-5-7-15(12-13)21-14-10-11-14/h3-9,12,14H,2,10-11H2,1H3. The van der Waals surface area contributed by atoms with Gasteiger partial charge in [0.2, 0.25) is 0 Å². The third-order valence-corrected chi connectivity index (χ3v) is 3.35. The Labute approximate surface area is 124 Å². The van der Waals surface area contributed by atoms with Crippen molar-refractivity contribution in [2.75, 3.05) is 6.61 Å². The molecule has 0 spiro atoms. The van der Waals surface area contributed by atoms with Crippen molar-refractivity contribution in [2.24, 2.45) is 0 Å². The van der Waals surface area contributed by atoms with Gasteiger partial charge < -0.3 is 9.47 Å². The molecule has 0 heterocycles. The fourth-order valence-corrected chi connectivity index (χ4v) is 2.18. The van der Waals surface area contributed by atoms with Crippen molar-refractivity contribution in [2.45, 2.75) is 25.9 Å². The largest absolute Gasteiger partial charge is 0.493 e. The van der Waals surface area contributed by atoms with Gasteiger partial charge >= 0.3 is 0 Å². The molecule has 3 heteroatoms. The maximum atomic E-state index is 12.7. The van der Waals surface area contributed by atoms with E-state index < -0.39 is 0 Å². The highest BCUT2D eigenvalue weighted by molar-refractivity contribution is 6.10. The first kappa shape index (κ1) is 13.7. The Morgan fingerprint density at radius 2 is 1.95 bits per heavy atom. The van der Waals surface area contributed by atoms with Gasteiger partial charge in [-0.3, -0.25) is 4.79 Å². The van der Waals surface area contributed by atoms with Gasteiger partial charge in [-0.15, -0.1) is 0 Å². The Kier molecular flexibility index (Phi) is 3.91. The molecule has 21 heavy (non-hydrogen) atoms. The van der Waals surface area contributed by atoms with Crippen molar-refractivity contribution in [3.63, 3.8) is 0 Å². The summed E-state index contributed by atoms with van der Waals surface area (Å²) in [6, 6.07) is 14.7. The van der Waals surface area contributed by atoms with Crippen molar-refractivity contribution < 1.29 is 14.3 Å². The summed E-state index contributed by atoms with van der Waals surface area (Å²) in [5, 5.41) is 0. The Morgan fingerprint density at radius 3 is 2.71 bits per heavy atom. The van der Waals surface area contributed by atoms with Crippen LogP contribution >= 0.6 is 0 Å². The van der Waals surface area contributed by atoms with Gasteiger partial charge in [-0.2, -0.15) is 0 Å². The SMILES string of the molecule is CCOc1ccccc1C(=O)c1cccc(OC2CC2)c1. The zero-order valence-electron chi connectivity index (χ0n) is 12.0. The molecular formula is C18H18O3. The zero-order valence-corrected chi connectivity index (χ0v) is 12.0. The lowest BCUT2D eigenvalue weighted by Crippen LogP contribution is -2.06. The highest BCUT2D eigenvalue weighted by Crippen LogP contribution is 2.28. The Morgan fingerprint density at radius 1 is 1.14 bits per heavy atom. The van der Waals surface area contributed by atoms with Crippen molar-refractivity contribution in [1.82, 2.24) is 0 Å². The summed E-state index contributed by atoms with van der Waals surface area (Å²) in [6.07, 6.45) is 2.53. The summed E-state index contributed by atoms with van der Waals surface area (Å²) in [5.74, 6) is 1.34. The molecule has 0 aromatic heterocycles. The minimum absolute atomic E-state index is 0.0414. The number of hydrogen-bond donors (Lipinski definition) is 0. The minimum atomic E-state index is -0.0414. The molecule has 108 valence electrons. The van der Waals surface area contributed by atoms with E-state index in [-0.39, 0.29) is 5.78 Å². The van der Waals surface area contributed by atoms with Gasteiger partial charge in [-0.05, 0) is 44.0 Å². The van der Waals surface area contributed by atoms with Crippen LogP contribution in [0.15, 0.2) is 48.5 Å². The second kappa shape index (κ2) is 6.00. The molecule has 1 saturated carbocycles. The molecule has 0 N–H and O–H groups in total. The van der Waals surface area contributed by atoms with Gasteiger partial charge in [-0.25, -0.2) is 0 Å². The fraction of sp³-hybridized carbons (Fsp3) is 0.278. The van der Waals surface area contributed by atoms with E-state index in [1.54, 1.807) is 6.07 Å². The van der Waals surface area contributed by atoms with E-state index in [0.717, 1.165) is 18.6 Å². The van der Waals surface area contributed by atoms with Gasteiger partial charge in [0.15, 0.2) is 5.78 Å². The van der Waals surface area contributed by atoms with Gasteiger partial charge in [0, 0.05) is 5.56 Å². The highest BCUT2D eigenvalue weighted by atomic mass is 16.5. The monoisotopic (exact) mass is 282 g/mol. The normalized spacial score (nSPS) is 13.8. The van der Waals surface area contributed by atoms with Crippen LogP contribution in [0.3, 0.4) is 0 Å². The van der Waals surface area contributed by atoms with E-state index in [4.69, 9.17) is 9.47 Å². The smallest absolute Gasteiger partial charge is 0.196 e. The molecule has 0 radical (unpaired) electrons. The van der Waals surface area contributed by atoms with E-state index >= 15 is 0 Å². The molecule has 0 saturated heterocycles. The number of carbonyl (C=O) groups excluding carboxylic acids is 1. The lowest BCUT2D eigenvalue weighted by molar-refractivity contribution is 0.103. The average molecular weight is 282 g/mol. The van der Waals surface area contributed by atoms with E-state index in [0.29, 0.717) is 29.6 Å². The lowest BCUT2D eigenvalue weighted by Gasteiger charge is -2.10. The van der Waals surface area contributed by atoms with Crippen LogP contribution in [-0.4, -0.2) is 18.5 Å². The Balaban J connectivity index is 1.87. The van der Waals surface area contributed by atoms with E-state index in [2.05, 4.69) is 0 Å². The average Bonchev–Trinajstić information content (AvgIpc) is 3.32. The van der Waals surface area contributed by atoms with Gasteiger partial charge in [0.25, 0.3) is 0 Å². The van der Waals surface area contributed by atoms with Crippen molar-refractivity contribution >= 4 is 5.78 Å². The van der Waals surface area contributed by atoms with E-state index in [1.165, 1.54) is 0 Å². The first-order valence-corrected chi connectivity index (χ1v) is 7.31. The summed E-state index contributed by atoms with van der Waals surface area (Å²) in [5.41, 5.74) is 1.21. The lowest BCUT2D eigenvalue weighted by atomic mass is 10.0. The van der Waals surface area contributed by atoms with Crippen LogP contribution in [0.2, 0.25) is 0 Å². The van der Waals surface area contributed by atoms with Crippen molar-refractivity contribution in [3.8, 4) is 11.5 Å². The Hall–Kier alpha value is -2.29. The molecule has 1 aliphatic carbocycles. The zero-order chi connectivity index (χ0) is 14.7. The molecule has 3 nitrogen and oxygen atoms in total. The van der Waals surface area contributed by atoms with E-state index in [1.807, 2.05) is 49.4 Å². The number of hydrogen-bond acceptors (Lipinski definition) is 3. The van der Waals surface area contributed by atoms with Crippen LogP contribution in [0.25, 0.3) is 0 Å². The number of para-hydroxylation sites is 1. The third-order valence-electron chi connectivity index (χ3n) is 3.35. The second-order valence-corrected chi connectivity index (χ2v) is 5.10. The summed E-state index contributed by atoms with van der Waals surface area (Å²) in [7, 11) is 0. The number of benzene rings is 2. The molecule has 0 aliphatic heterocycles. The van der Waals surface area contributed by atoms with Crippen LogP contribution in [0.1, 0.15) is 35.7 Å². The van der Waals surface area contributed by atoms with Gasteiger partial charge in [0.05, 0.1) is 18.3 Å². The van der Waals surface area contributed by atoms with E-state index in [9.17, 15) is 4.79 Å². The summed E-state index contributed by atoms with van der Waals surface area (Å²) in [4.78, 5) is 12.7. The molecule has 1 aliphatic rings. The molecule has 2 aromatic carbocycles. The Bertz CT molecular complexity index is 644. The molecule has 3 rings (SSSR count). The second-order valence-electron chi connectivity index (χ2n) is 5.10. The van der Waals surface area contributed by atoms with Gasteiger partial charge in [0.1, 0.15) is 11.5 Å². The topological polar surface area (TPSA) is 35.5 Å². The molecule has 0 atom stereocenters. The summed E-state index contributed by atoms with van der Waals surface area (Å²) >= 11 is 0. The predicted octanol–water partition coefficient (Wildman–Crippen LogP) is 3.86. The molecular weight excluding hydrogens is 264 g/mol. The number of rotatable bonds is 6. The number of ether oxygens (including phenoxy) is 2. The molecule has 0 unspecified atom stereocenters. The maximum Gasteiger partial charge on any atom is 0.196 e. The molecule has 0 bridgehead atoms. The van der Waals surface area contributed by atoms with Crippen LogP contribution in [0, 0.1) is 0 Å². The fourth-order valence-electron chi connectivity index (χ4n) is 2.18. The molecule has 1 fully saturated rings. The van der Waals surface area contributed by atoms with Crippen LogP contribution in [-0.2, 0) is 0 Å². The van der Waals surface area contributed by atoms with Crippen LogP contribution in [0.4, 0.5) is 0 Å². The summed E-state index contributed by atoms with van der Waals surface area (Å²) < 4.78 is 11.3. The molecule has 0 amide bonds. The first-order chi connectivity index (χ1) is 10.3. The maximum absolute atomic E-state index is 12.7. The number of carbonyl (C=O) groups is 1. The first-order valence-electron chi connectivity index (χ1n) is 7.31. The summed E-state index contributed by atoms with van der Waals surface area (Å²) in [6.45, 7) is 2.44. The van der Waals surface area contributed by atoms with Crippen LogP contribution < -0.4 is 9.47 Å². The van der Waals surface area contributed by atoms with Gasteiger partial charge in [-0.1, -0.05) is 24.3 Å². The third kappa shape index (κ3) is 3.24. The van der Waals surface area contributed by atoms with Crippen molar-refractivity contribution in [1.29, 1.82) is 0 Å². The quantitative estimate of drug-likeness (QED) is 0.755. The van der Waals surface area contributed by atoms with Crippen LogP contribution in [0.5, 0.6) is 11.5 Å². The predicted molar refractivity (Wildman–Crippen MR) is 81.1 cm³/mol. The number of ketones is 1. The minimum Gasteiger partial charge on any atom is -0.493 e. The highest BCUT2D eigenvalue weighted by Gasteiger charge is 2.24.